The maximum absolute atomic E-state index is 11.2. The van der Waals surface area contributed by atoms with E-state index in [9.17, 15) is 9.67 Å². The number of aliphatic hydroxyl groups is 1. The van der Waals surface area contributed by atoms with Crippen LogP contribution < -0.4 is 0 Å². The van der Waals surface area contributed by atoms with Crippen LogP contribution in [-0.4, -0.2) is 40.3 Å². The van der Waals surface area contributed by atoms with Gasteiger partial charge in [0.05, 0.1) is 5.60 Å². The second kappa shape index (κ2) is 13.2. The lowest BCUT2D eigenvalue weighted by atomic mass is 9.79. The minimum atomic E-state index is -4.47. The first-order valence-electron chi connectivity index (χ1n) is 10.2. The van der Waals surface area contributed by atoms with Crippen molar-refractivity contribution in [2.24, 2.45) is 5.41 Å². The Morgan fingerprint density at radius 3 is 1.69 bits per heavy atom. The summed E-state index contributed by atoms with van der Waals surface area (Å²) in [6.45, 7) is 9.71. The van der Waals surface area contributed by atoms with Crippen molar-refractivity contribution in [3.8, 4) is 0 Å². The van der Waals surface area contributed by atoms with E-state index in [-0.39, 0.29) is 12.0 Å². The fourth-order valence-corrected chi connectivity index (χ4v) is 4.25. The Labute approximate surface area is 159 Å². The molecule has 0 aliphatic rings. The molecule has 0 fully saturated rings. The molecule has 0 aromatic carbocycles. The molecule has 0 aliphatic carbocycles. The number of aliphatic hydroxyl groups excluding tert-OH is 1. The summed E-state index contributed by atoms with van der Waals surface area (Å²) < 4.78 is 21.9. The molecule has 0 radical (unpaired) electrons. The molecule has 26 heavy (non-hydrogen) atoms. The van der Waals surface area contributed by atoms with Gasteiger partial charge in [0.25, 0.3) is 0 Å². The Kier molecular flexibility index (Phi) is 13.3. The van der Waals surface area contributed by atoms with Gasteiger partial charge in [-0.25, -0.2) is 4.57 Å². The quantitative estimate of drug-likeness (QED) is 0.241. The zero-order valence-corrected chi connectivity index (χ0v) is 18.1. The largest absolute Gasteiger partial charge is 0.470 e. The summed E-state index contributed by atoms with van der Waals surface area (Å²) in [6, 6.07) is 0. The summed E-state index contributed by atoms with van der Waals surface area (Å²) in [5, 5.41) is 9.56. The standard InChI is InChI=1S/C19H41O6P/c1-5-18(6-2,17-20)13-9-11-15-24-16-12-10-14-19(7-3,8-4)25-26(21,22)23/h20H,5-17H2,1-4H3,(H2,21,22,23). The molecule has 0 aromatic rings. The van der Waals surface area contributed by atoms with E-state index < -0.39 is 13.4 Å². The normalized spacial score (nSPS) is 13.3. The van der Waals surface area contributed by atoms with Gasteiger partial charge in [-0.1, -0.05) is 34.1 Å². The molecule has 0 rings (SSSR count). The van der Waals surface area contributed by atoms with E-state index in [2.05, 4.69) is 13.8 Å². The van der Waals surface area contributed by atoms with Crippen LogP contribution in [0.5, 0.6) is 0 Å². The van der Waals surface area contributed by atoms with Gasteiger partial charge in [-0.15, -0.1) is 0 Å². The zero-order valence-electron chi connectivity index (χ0n) is 17.2. The van der Waals surface area contributed by atoms with Crippen molar-refractivity contribution in [3.05, 3.63) is 0 Å². The highest BCUT2D eigenvalue weighted by atomic mass is 31.2. The van der Waals surface area contributed by atoms with Crippen LogP contribution in [0.2, 0.25) is 0 Å². The number of phosphoric acid groups is 1. The van der Waals surface area contributed by atoms with Gasteiger partial charge in [-0.3, -0.25) is 4.52 Å². The molecule has 0 amide bonds. The van der Waals surface area contributed by atoms with E-state index in [1.807, 2.05) is 13.8 Å². The number of rotatable bonds is 17. The van der Waals surface area contributed by atoms with Gasteiger partial charge >= 0.3 is 7.82 Å². The minimum absolute atomic E-state index is 0.0719. The maximum Gasteiger partial charge on any atom is 0.470 e. The Morgan fingerprint density at radius 1 is 0.808 bits per heavy atom. The Bertz CT molecular complexity index is 379. The first kappa shape index (κ1) is 26.0. The van der Waals surface area contributed by atoms with Gasteiger partial charge in [0.15, 0.2) is 0 Å². The lowest BCUT2D eigenvalue weighted by molar-refractivity contribution is 0.0152. The Morgan fingerprint density at radius 2 is 1.31 bits per heavy atom. The van der Waals surface area contributed by atoms with Crippen LogP contribution in [0.1, 0.15) is 91.9 Å². The predicted molar refractivity (Wildman–Crippen MR) is 105 cm³/mol. The molecule has 3 N–H and O–H groups in total. The summed E-state index contributed by atoms with van der Waals surface area (Å²) in [6.07, 6.45) is 8.58. The number of phosphoric ester groups is 1. The molecule has 6 nitrogen and oxygen atoms in total. The summed E-state index contributed by atoms with van der Waals surface area (Å²) in [7, 11) is -4.47. The first-order chi connectivity index (χ1) is 12.2. The highest BCUT2D eigenvalue weighted by molar-refractivity contribution is 7.46. The molecule has 0 unspecified atom stereocenters. The van der Waals surface area contributed by atoms with Crippen LogP contribution in [0.15, 0.2) is 0 Å². The van der Waals surface area contributed by atoms with E-state index in [1.54, 1.807) is 0 Å². The third-order valence-electron chi connectivity index (χ3n) is 5.85. The van der Waals surface area contributed by atoms with Crippen LogP contribution in [0.4, 0.5) is 0 Å². The van der Waals surface area contributed by atoms with Gasteiger partial charge in [0.1, 0.15) is 0 Å². The van der Waals surface area contributed by atoms with Gasteiger partial charge in [-0.2, -0.15) is 0 Å². The maximum atomic E-state index is 11.2. The van der Waals surface area contributed by atoms with Crippen molar-refractivity contribution in [2.75, 3.05) is 19.8 Å². The van der Waals surface area contributed by atoms with Gasteiger partial charge < -0.3 is 19.6 Å². The third-order valence-corrected chi connectivity index (χ3v) is 6.48. The highest BCUT2D eigenvalue weighted by Gasteiger charge is 2.34. The summed E-state index contributed by atoms with van der Waals surface area (Å²) in [5.41, 5.74) is -0.671. The first-order valence-corrected chi connectivity index (χ1v) is 11.7. The van der Waals surface area contributed by atoms with Crippen LogP contribution in [0.25, 0.3) is 0 Å². The lowest BCUT2D eigenvalue weighted by Crippen LogP contribution is -2.30. The molecule has 0 saturated heterocycles. The molecule has 0 atom stereocenters. The zero-order chi connectivity index (χ0) is 20.1. The van der Waals surface area contributed by atoms with Crippen molar-refractivity contribution in [3.63, 3.8) is 0 Å². The van der Waals surface area contributed by atoms with Crippen LogP contribution in [0.3, 0.4) is 0 Å². The summed E-state index contributed by atoms with van der Waals surface area (Å²) in [5.74, 6) is 0. The highest BCUT2D eigenvalue weighted by Crippen LogP contribution is 2.45. The van der Waals surface area contributed by atoms with E-state index in [0.717, 1.165) is 51.6 Å². The fraction of sp³-hybridized carbons (Fsp3) is 1.00. The fourth-order valence-electron chi connectivity index (χ4n) is 3.39. The monoisotopic (exact) mass is 396 g/mol. The summed E-state index contributed by atoms with van der Waals surface area (Å²) >= 11 is 0. The predicted octanol–water partition coefficient (Wildman–Crippen LogP) is 4.81. The third kappa shape index (κ3) is 10.4. The second-order valence-electron chi connectivity index (χ2n) is 7.36. The molecule has 0 saturated carbocycles. The second-order valence-corrected chi connectivity index (χ2v) is 8.53. The van der Waals surface area contributed by atoms with Crippen molar-refractivity contribution < 1.29 is 28.7 Å². The number of hydrogen-bond acceptors (Lipinski definition) is 4. The topological polar surface area (TPSA) is 96.2 Å². The van der Waals surface area contributed by atoms with E-state index in [0.29, 0.717) is 25.9 Å². The van der Waals surface area contributed by atoms with Crippen molar-refractivity contribution >= 4 is 7.82 Å². The molecule has 0 bridgehead atoms. The van der Waals surface area contributed by atoms with Crippen molar-refractivity contribution in [1.29, 1.82) is 0 Å². The average Bonchev–Trinajstić information content (AvgIpc) is 2.62. The van der Waals surface area contributed by atoms with E-state index >= 15 is 0 Å². The van der Waals surface area contributed by atoms with Gasteiger partial charge in [0, 0.05) is 19.8 Å². The molecular weight excluding hydrogens is 355 g/mol. The molecule has 158 valence electrons. The van der Waals surface area contributed by atoms with Crippen LogP contribution in [-0.2, 0) is 13.8 Å². The summed E-state index contributed by atoms with van der Waals surface area (Å²) in [4.78, 5) is 18.2. The molecule has 7 heteroatoms. The SMILES string of the molecule is CCC(CC)(CO)CCCCOCCCCC(CC)(CC)OP(=O)(O)O. The van der Waals surface area contributed by atoms with Crippen molar-refractivity contribution in [2.45, 2.75) is 97.5 Å². The Hall–Kier alpha value is 0.0300. The van der Waals surface area contributed by atoms with E-state index in [4.69, 9.17) is 19.0 Å². The molecule has 0 aliphatic heterocycles. The van der Waals surface area contributed by atoms with Gasteiger partial charge in [0.2, 0.25) is 0 Å². The van der Waals surface area contributed by atoms with Crippen LogP contribution in [0, 0.1) is 5.41 Å². The molecule has 0 spiro atoms. The smallest absolute Gasteiger partial charge is 0.396 e. The van der Waals surface area contributed by atoms with Gasteiger partial charge in [-0.05, 0) is 63.2 Å². The molecule has 0 aromatic heterocycles. The number of ether oxygens (including phenoxy) is 1. The average molecular weight is 397 g/mol. The number of unbranched alkanes of at least 4 members (excludes halogenated alkanes) is 2. The van der Waals surface area contributed by atoms with Crippen LogP contribution >= 0.6 is 7.82 Å². The molecular formula is C19H41O6P. The molecule has 0 heterocycles. The lowest BCUT2D eigenvalue weighted by Gasteiger charge is -2.31. The Balaban J connectivity index is 3.91. The number of hydrogen-bond donors (Lipinski definition) is 3. The minimum Gasteiger partial charge on any atom is -0.396 e. The van der Waals surface area contributed by atoms with E-state index in [1.165, 1.54) is 0 Å². The van der Waals surface area contributed by atoms with Crippen molar-refractivity contribution in [1.82, 2.24) is 0 Å².